The standard InChI is InChI=1S/C20H28N4O6S/c1-20(2,3)30-19(27)23(4)11-13-6-5-9-24(12-13)31(28,29)14-7-8-15-16(10-14)22-18(26)17(25)21-15/h7-8,10,13H,5-6,9,11-12H2,1-4H3,(H,21,25)(H,22,26)/t13-/m1/s1. The molecule has 170 valence electrons. The summed E-state index contributed by atoms with van der Waals surface area (Å²) in [5, 5.41) is 0. The van der Waals surface area contributed by atoms with Gasteiger partial charge in [0.15, 0.2) is 0 Å². The number of piperidine rings is 1. The number of fused-ring (bicyclic) bond motifs is 1. The number of nitrogens with zero attached hydrogens (tertiary/aromatic N) is 2. The topological polar surface area (TPSA) is 133 Å². The van der Waals surface area contributed by atoms with E-state index in [9.17, 15) is 22.8 Å². The molecule has 2 heterocycles. The number of carbonyl (C=O) groups excluding carboxylic acids is 1. The van der Waals surface area contributed by atoms with Gasteiger partial charge in [0.05, 0.1) is 15.9 Å². The second kappa shape index (κ2) is 8.46. The van der Waals surface area contributed by atoms with Gasteiger partial charge >= 0.3 is 17.2 Å². The fourth-order valence-corrected chi connectivity index (χ4v) is 5.18. The molecule has 0 unspecified atom stereocenters. The summed E-state index contributed by atoms with van der Waals surface area (Å²) in [6.07, 6.45) is 1.02. The highest BCUT2D eigenvalue weighted by molar-refractivity contribution is 7.89. The van der Waals surface area contributed by atoms with Crippen LogP contribution in [0.25, 0.3) is 11.0 Å². The van der Waals surface area contributed by atoms with E-state index in [1.54, 1.807) is 27.8 Å². The first-order valence-corrected chi connectivity index (χ1v) is 11.5. The molecule has 0 bridgehead atoms. The van der Waals surface area contributed by atoms with Crippen molar-refractivity contribution in [2.45, 2.75) is 44.1 Å². The molecular formula is C20H28N4O6S. The molecule has 0 aliphatic carbocycles. The van der Waals surface area contributed by atoms with Gasteiger partial charge in [-0.15, -0.1) is 0 Å². The molecule has 2 N–H and O–H groups in total. The summed E-state index contributed by atoms with van der Waals surface area (Å²) in [6, 6.07) is 4.21. The van der Waals surface area contributed by atoms with Crippen molar-refractivity contribution in [1.82, 2.24) is 19.2 Å². The molecule has 2 aromatic rings. The van der Waals surface area contributed by atoms with Crippen LogP contribution < -0.4 is 11.1 Å². The Hall–Kier alpha value is -2.66. The number of carbonyl (C=O) groups is 1. The third kappa shape index (κ3) is 5.34. The van der Waals surface area contributed by atoms with E-state index in [1.165, 1.54) is 27.4 Å². The second-order valence-corrected chi connectivity index (χ2v) is 10.8. The smallest absolute Gasteiger partial charge is 0.410 e. The Balaban J connectivity index is 1.76. The van der Waals surface area contributed by atoms with Crippen LogP contribution in [0.2, 0.25) is 0 Å². The lowest BCUT2D eigenvalue weighted by Gasteiger charge is -2.34. The molecule has 1 aliphatic rings. The van der Waals surface area contributed by atoms with E-state index in [0.29, 0.717) is 25.0 Å². The third-order valence-electron chi connectivity index (χ3n) is 5.05. The molecule has 1 aromatic carbocycles. The van der Waals surface area contributed by atoms with Crippen LogP contribution in [0, 0.1) is 5.92 Å². The lowest BCUT2D eigenvalue weighted by Crippen LogP contribution is -2.44. The van der Waals surface area contributed by atoms with Crippen molar-refractivity contribution in [3.05, 3.63) is 38.9 Å². The minimum atomic E-state index is -3.81. The Morgan fingerprint density at radius 1 is 1.19 bits per heavy atom. The number of amides is 1. The Morgan fingerprint density at radius 2 is 1.84 bits per heavy atom. The molecule has 0 spiro atoms. The summed E-state index contributed by atoms with van der Waals surface area (Å²) >= 11 is 0. The third-order valence-corrected chi connectivity index (χ3v) is 6.91. The number of ether oxygens (including phenoxy) is 1. The van der Waals surface area contributed by atoms with E-state index >= 15 is 0 Å². The predicted octanol–water partition coefficient (Wildman–Crippen LogP) is 1.48. The summed E-state index contributed by atoms with van der Waals surface area (Å²) in [5.41, 5.74) is -1.65. The van der Waals surface area contributed by atoms with Crippen molar-refractivity contribution in [3.63, 3.8) is 0 Å². The highest BCUT2D eigenvalue weighted by Gasteiger charge is 2.32. The minimum Gasteiger partial charge on any atom is -0.444 e. The summed E-state index contributed by atoms with van der Waals surface area (Å²) in [4.78, 5) is 41.6. The predicted molar refractivity (Wildman–Crippen MR) is 116 cm³/mol. The lowest BCUT2D eigenvalue weighted by molar-refractivity contribution is 0.0258. The maximum atomic E-state index is 13.2. The Bertz CT molecular complexity index is 1190. The number of benzene rings is 1. The molecule has 1 fully saturated rings. The number of hydrogen-bond acceptors (Lipinski definition) is 6. The normalized spacial score (nSPS) is 18.1. The molecule has 1 atom stereocenters. The minimum absolute atomic E-state index is 0.0299. The van der Waals surface area contributed by atoms with Crippen molar-refractivity contribution in [2.24, 2.45) is 5.92 Å². The van der Waals surface area contributed by atoms with Gasteiger partial charge < -0.3 is 19.6 Å². The molecule has 1 aliphatic heterocycles. The first-order valence-electron chi connectivity index (χ1n) is 10.1. The lowest BCUT2D eigenvalue weighted by atomic mass is 9.99. The van der Waals surface area contributed by atoms with E-state index in [4.69, 9.17) is 4.74 Å². The molecule has 10 nitrogen and oxygen atoms in total. The van der Waals surface area contributed by atoms with Crippen molar-refractivity contribution in [2.75, 3.05) is 26.7 Å². The number of rotatable bonds is 4. The van der Waals surface area contributed by atoms with Crippen molar-refractivity contribution < 1.29 is 17.9 Å². The van der Waals surface area contributed by atoms with Gasteiger partial charge in [-0.1, -0.05) is 0 Å². The van der Waals surface area contributed by atoms with Crippen LogP contribution in [0.3, 0.4) is 0 Å². The van der Waals surface area contributed by atoms with Crippen LogP contribution in [-0.4, -0.2) is 66.0 Å². The molecule has 3 rings (SSSR count). The summed E-state index contributed by atoms with van der Waals surface area (Å²) in [6.45, 7) is 6.40. The van der Waals surface area contributed by atoms with Gasteiger partial charge in [0.25, 0.3) is 0 Å². The number of H-pyrrole nitrogens is 2. The zero-order valence-electron chi connectivity index (χ0n) is 18.1. The molecule has 0 radical (unpaired) electrons. The average Bonchev–Trinajstić information content (AvgIpc) is 2.67. The highest BCUT2D eigenvalue weighted by Crippen LogP contribution is 2.25. The van der Waals surface area contributed by atoms with Crippen LogP contribution in [0.1, 0.15) is 33.6 Å². The first kappa shape index (κ1) is 23.0. The largest absolute Gasteiger partial charge is 0.444 e. The Labute approximate surface area is 180 Å². The van der Waals surface area contributed by atoms with Crippen LogP contribution >= 0.6 is 0 Å². The van der Waals surface area contributed by atoms with Gasteiger partial charge in [0, 0.05) is 26.7 Å². The van der Waals surface area contributed by atoms with Crippen LogP contribution in [0.5, 0.6) is 0 Å². The number of hydrogen-bond donors (Lipinski definition) is 2. The van der Waals surface area contributed by atoms with E-state index in [2.05, 4.69) is 9.97 Å². The zero-order chi connectivity index (χ0) is 23.0. The molecule has 1 saturated heterocycles. The van der Waals surface area contributed by atoms with Gasteiger partial charge in [-0.3, -0.25) is 9.59 Å². The van der Waals surface area contributed by atoms with E-state index in [0.717, 1.165) is 6.42 Å². The molecule has 1 amide bonds. The van der Waals surface area contributed by atoms with E-state index < -0.39 is 32.8 Å². The molecule has 11 heteroatoms. The quantitative estimate of drug-likeness (QED) is 0.675. The zero-order valence-corrected chi connectivity index (χ0v) is 18.9. The van der Waals surface area contributed by atoms with Gasteiger partial charge in [-0.25, -0.2) is 13.2 Å². The van der Waals surface area contributed by atoms with Crippen molar-refractivity contribution in [1.29, 1.82) is 0 Å². The summed E-state index contributed by atoms with van der Waals surface area (Å²) in [5.74, 6) is -0.0299. The molecular weight excluding hydrogens is 424 g/mol. The van der Waals surface area contributed by atoms with E-state index in [-0.39, 0.29) is 22.9 Å². The molecule has 1 aromatic heterocycles. The second-order valence-electron chi connectivity index (χ2n) is 8.85. The summed E-state index contributed by atoms with van der Waals surface area (Å²) in [7, 11) is -2.17. The maximum Gasteiger partial charge on any atom is 0.410 e. The summed E-state index contributed by atoms with van der Waals surface area (Å²) < 4.78 is 33.1. The van der Waals surface area contributed by atoms with Crippen molar-refractivity contribution >= 4 is 27.1 Å². The van der Waals surface area contributed by atoms with Gasteiger partial charge in [-0.05, 0) is 57.7 Å². The number of sulfonamides is 1. The van der Waals surface area contributed by atoms with Gasteiger partial charge in [-0.2, -0.15) is 4.31 Å². The Morgan fingerprint density at radius 3 is 2.48 bits per heavy atom. The van der Waals surface area contributed by atoms with Crippen LogP contribution in [0.4, 0.5) is 4.79 Å². The fraction of sp³-hybridized carbons (Fsp3) is 0.550. The SMILES string of the molecule is CN(C[C@H]1CCCN(S(=O)(=O)c2ccc3[nH]c(=O)c(=O)[nH]c3c2)C1)C(=O)OC(C)(C)C. The molecule has 31 heavy (non-hydrogen) atoms. The van der Waals surface area contributed by atoms with Crippen molar-refractivity contribution in [3.8, 4) is 0 Å². The van der Waals surface area contributed by atoms with Crippen LogP contribution in [-0.2, 0) is 14.8 Å². The average molecular weight is 453 g/mol. The maximum absolute atomic E-state index is 13.2. The van der Waals surface area contributed by atoms with Crippen LogP contribution in [0.15, 0.2) is 32.7 Å². The number of aromatic nitrogens is 2. The van der Waals surface area contributed by atoms with Gasteiger partial charge in [0.2, 0.25) is 10.0 Å². The monoisotopic (exact) mass is 452 g/mol. The number of nitrogens with one attached hydrogen (secondary N) is 2. The Kier molecular flexibility index (Phi) is 6.28. The molecule has 0 saturated carbocycles. The van der Waals surface area contributed by atoms with E-state index in [1.807, 2.05) is 0 Å². The fourth-order valence-electron chi connectivity index (χ4n) is 3.60. The first-order chi connectivity index (χ1) is 14.4. The van der Waals surface area contributed by atoms with Gasteiger partial charge in [0.1, 0.15) is 5.60 Å². The highest BCUT2D eigenvalue weighted by atomic mass is 32.2. The number of aromatic amines is 2.